The molecule has 1 N–H and O–H groups in total. The summed E-state index contributed by atoms with van der Waals surface area (Å²) >= 11 is 0. The van der Waals surface area contributed by atoms with Crippen LogP contribution in [0.2, 0.25) is 0 Å². The van der Waals surface area contributed by atoms with Crippen LogP contribution in [-0.2, 0) is 22.9 Å². The maximum Gasteiger partial charge on any atom is 0.241 e. The number of aryl methyl sites for hydroxylation is 2. The summed E-state index contributed by atoms with van der Waals surface area (Å²) in [7, 11) is -3.66. The van der Waals surface area contributed by atoms with E-state index < -0.39 is 15.8 Å². The Balaban J connectivity index is 1.81. The fourth-order valence-electron chi connectivity index (χ4n) is 2.84. The summed E-state index contributed by atoms with van der Waals surface area (Å²) in [5.74, 6) is -0.453. The van der Waals surface area contributed by atoms with Crippen molar-refractivity contribution in [2.24, 2.45) is 0 Å². The molecule has 3 nitrogen and oxygen atoms in total. The number of fused-ring (bicyclic) bond motifs is 1. The highest BCUT2D eigenvalue weighted by molar-refractivity contribution is 7.89. The molecular weight excluding hydrogens is 301 g/mol. The van der Waals surface area contributed by atoms with Gasteiger partial charge in [-0.05, 0) is 67.1 Å². The summed E-state index contributed by atoms with van der Waals surface area (Å²) in [4.78, 5) is 0.0712. The first kappa shape index (κ1) is 15.2. The number of halogens is 1. The van der Waals surface area contributed by atoms with Crippen LogP contribution in [0.4, 0.5) is 4.39 Å². The summed E-state index contributed by atoms with van der Waals surface area (Å²) < 4.78 is 40.2. The summed E-state index contributed by atoms with van der Waals surface area (Å²) in [6.45, 7) is 1.82. The topological polar surface area (TPSA) is 46.2 Å². The Labute approximate surface area is 130 Å². The minimum absolute atomic E-state index is 0.0712. The quantitative estimate of drug-likeness (QED) is 0.939. The maximum atomic E-state index is 12.9. The van der Waals surface area contributed by atoms with E-state index in [4.69, 9.17) is 0 Å². The molecule has 0 bridgehead atoms. The zero-order valence-corrected chi connectivity index (χ0v) is 13.2. The average Bonchev–Trinajstić information content (AvgIpc) is 2.94. The number of benzene rings is 2. The van der Waals surface area contributed by atoms with Gasteiger partial charge in [0.15, 0.2) is 0 Å². The van der Waals surface area contributed by atoms with Crippen molar-refractivity contribution >= 4 is 10.0 Å². The molecule has 1 aliphatic carbocycles. The highest BCUT2D eigenvalue weighted by Gasteiger charge is 2.20. The Bertz CT molecular complexity index is 785. The van der Waals surface area contributed by atoms with Crippen molar-refractivity contribution in [2.45, 2.75) is 37.1 Å². The van der Waals surface area contributed by atoms with Crippen LogP contribution in [0.25, 0.3) is 0 Å². The Kier molecular flexibility index (Phi) is 4.02. The van der Waals surface area contributed by atoms with Gasteiger partial charge in [0.25, 0.3) is 0 Å². The molecule has 0 aliphatic heterocycles. The highest BCUT2D eigenvalue weighted by atomic mass is 32.2. The number of hydrogen-bond donors (Lipinski definition) is 1. The molecule has 1 atom stereocenters. The molecular formula is C17H18FNO2S. The summed E-state index contributed by atoms with van der Waals surface area (Å²) in [6.07, 6.45) is 3.32. The molecule has 0 saturated carbocycles. The Morgan fingerprint density at radius 2 is 1.73 bits per heavy atom. The number of hydrogen-bond acceptors (Lipinski definition) is 2. The Morgan fingerprint density at radius 3 is 2.45 bits per heavy atom. The van der Waals surface area contributed by atoms with Gasteiger partial charge in [0.2, 0.25) is 10.0 Å². The van der Waals surface area contributed by atoms with Crippen LogP contribution < -0.4 is 4.72 Å². The van der Waals surface area contributed by atoms with Gasteiger partial charge >= 0.3 is 0 Å². The second kappa shape index (κ2) is 5.82. The maximum absolute atomic E-state index is 12.9. The minimum atomic E-state index is -3.66. The standard InChI is InChI=1S/C17H18FNO2S/c1-12(14-6-5-13-3-2-4-15(13)11-14)19-22(20,21)17-9-7-16(18)8-10-17/h5-12,19H,2-4H2,1H3/t12-/m1/s1. The molecule has 0 unspecified atom stereocenters. The van der Waals surface area contributed by atoms with Gasteiger partial charge in [-0.2, -0.15) is 0 Å². The van der Waals surface area contributed by atoms with E-state index in [9.17, 15) is 12.8 Å². The van der Waals surface area contributed by atoms with Crippen LogP contribution in [0.5, 0.6) is 0 Å². The SMILES string of the molecule is C[C@@H](NS(=O)(=O)c1ccc(F)cc1)c1ccc2c(c1)CCC2. The third-order valence-corrected chi connectivity index (χ3v) is 5.64. The first-order valence-corrected chi connectivity index (χ1v) is 8.83. The van der Waals surface area contributed by atoms with Crippen LogP contribution in [0, 0.1) is 5.82 Å². The van der Waals surface area contributed by atoms with E-state index in [-0.39, 0.29) is 10.9 Å². The summed E-state index contributed by atoms with van der Waals surface area (Å²) in [6, 6.07) is 10.6. The summed E-state index contributed by atoms with van der Waals surface area (Å²) in [5.41, 5.74) is 3.62. The van der Waals surface area contributed by atoms with Gasteiger partial charge in [-0.25, -0.2) is 17.5 Å². The molecule has 0 aromatic heterocycles. The molecule has 0 saturated heterocycles. The van der Waals surface area contributed by atoms with Crippen LogP contribution in [0.3, 0.4) is 0 Å². The van der Waals surface area contributed by atoms with Crippen LogP contribution >= 0.6 is 0 Å². The van der Waals surface area contributed by atoms with E-state index >= 15 is 0 Å². The number of nitrogens with one attached hydrogen (secondary N) is 1. The molecule has 1 aliphatic rings. The molecule has 0 heterocycles. The largest absolute Gasteiger partial charge is 0.241 e. The lowest BCUT2D eigenvalue weighted by Gasteiger charge is -2.16. The van der Waals surface area contributed by atoms with Crippen molar-refractivity contribution in [1.82, 2.24) is 4.72 Å². The molecule has 5 heteroatoms. The molecule has 0 spiro atoms. The van der Waals surface area contributed by atoms with Crippen molar-refractivity contribution in [3.8, 4) is 0 Å². The molecule has 0 amide bonds. The molecule has 22 heavy (non-hydrogen) atoms. The Hall–Kier alpha value is -1.72. The predicted molar refractivity (Wildman–Crippen MR) is 83.6 cm³/mol. The van der Waals surface area contributed by atoms with Crippen molar-refractivity contribution in [3.63, 3.8) is 0 Å². The van der Waals surface area contributed by atoms with E-state index in [0.29, 0.717) is 0 Å². The second-order valence-corrected chi connectivity index (χ2v) is 7.39. The Morgan fingerprint density at radius 1 is 1.05 bits per heavy atom. The van der Waals surface area contributed by atoms with Crippen LogP contribution in [0.1, 0.15) is 36.1 Å². The zero-order chi connectivity index (χ0) is 15.7. The van der Waals surface area contributed by atoms with Gasteiger partial charge in [-0.1, -0.05) is 18.2 Å². The van der Waals surface area contributed by atoms with Crippen molar-refractivity contribution in [3.05, 3.63) is 65.0 Å². The normalized spacial score (nSPS) is 15.5. The van der Waals surface area contributed by atoms with E-state index in [0.717, 1.165) is 37.0 Å². The lowest BCUT2D eigenvalue weighted by molar-refractivity contribution is 0.566. The molecule has 2 aromatic rings. The molecule has 3 rings (SSSR count). The fraction of sp³-hybridized carbons (Fsp3) is 0.294. The third-order valence-electron chi connectivity index (χ3n) is 4.08. The zero-order valence-electron chi connectivity index (χ0n) is 12.3. The first-order valence-electron chi connectivity index (χ1n) is 7.35. The smallest absolute Gasteiger partial charge is 0.207 e. The first-order chi connectivity index (χ1) is 10.5. The van der Waals surface area contributed by atoms with E-state index in [1.165, 1.54) is 23.3 Å². The number of rotatable bonds is 4. The molecule has 0 fully saturated rings. The molecule has 116 valence electrons. The lowest BCUT2D eigenvalue weighted by Crippen LogP contribution is -2.27. The minimum Gasteiger partial charge on any atom is -0.207 e. The van der Waals surface area contributed by atoms with Gasteiger partial charge in [0.05, 0.1) is 4.90 Å². The van der Waals surface area contributed by atoms with Crippen molar-refractivity contribution in [1.29, 1.82) is 0 Å². The monoisotopic (exact) mass is 319 g/mol. The average molecular weight is 319 g/mol. The van der Waals surface area contributed by atoms with Gasteiger partial charge in [-0.3, -0.25) is 0 Å². The van der Waals surface area contributed by atoms with E-state index in [2.05, 4.69) is 16.9 Å². The van der Waals surface area contributed by atoms with Gasteiger partial charge in [0.1, 0.15) is 5.82 Å². The van der Waals surface area contributed by atoms with Gasteiger partial charge in [-0.15, -0.1) is 0 Å². The van der Waals surface area contributed by atoms with E-state index in [1.54, 1.807) is 0 Å². The van der Waals surface area contributed by atoms with Crippen molar-refractivity contribution < 1.29 is 12.8 Å². The van der Waals surface area contributed by atoms with Crippen LogP contribution in [-0.4, -0.2) is 8.42 Å². The molecule has 0 radical (unpaired) electrons. The lowest BCUT2D eigenvalue weighted by atomic mass is 10.0. The molecule has 2 aromatic carbocycles. The van der Waals surface area contributed by atoms with Gasteiger partial charge < -0.3 is 0 Å². The van der Waals surface area contributed by atoms with Crippen LogP contribution in [0.15, 0.2) is 47.4 Å². The van der Waals surface area contributed by atoms with Gasteiger partial charge in [0, 0.05) is 6.04 Å². The van der Waals surface area contributed by atoms with Crippen molar-refractivity contribution in [2.75, 3.05) is 0 Å². The second-order valence-electron chi connectivity index (χ2n) is 5.68. The number of sulfonamides is 1. The fourth-order valence-corrected chi connectivity index (χ4v) is 4.08. The third kappa shape index (κ3) is 3.05. The predicted octanol–water partition coefficient (Wildman–Crippen LogP) is 3.35. The van der Waals surface area contributed by atoms with E-state index in [1.807, 2.05) is 13.0 Å². The summed E-state index contributed by atoms with van der Waals surface area (Å²) in [5, 5.41) is 0. The highest BCUT2D eigenvalue weighted by Crippen LogP contribution is 2.26.